The zero-order valence-electron chi connectivity index (χ0n) is 24.6. The van der Waals surface area contributed by atoms with Crippen LogP contribution in [0.4, 0.5) is 10.1 Å². The summed E-state index contributed by atoms with van der Waals surface area (Å²) >= 11 is 0. The summed E-state index contributed by atoms with van der Waals surface area (Å²) in [5.74, 6) is -2.05. The third-order valence-electron chi connectivity index (χ3n) is 8.52. The van der Waals surface area contributed by atoms with Crippen molar-refractivity contribution in [3.8, 4) is 6.07 Å². The van der Waals surface area contributed by atoms with Crippen LogP contribution >= 0.6 is 0 Å². The number of amides is 4. The van der Waals surface area contributed by atoms with Gasteiger partial charge in [-0.05, 0) is 59.9 Å². The highest BCUT2D eigenvalue weighted by Crippen LogP contribution is 2.46. The molecule has 5 rings (SSSR count). The summed E-state index contributed by atoms with van der Waals surface area (Å²) in [6, 6.07) is 15.8. The average molecular weight is 584 g/mol. The number of hydrogen-bond donors (Lipinski definition) is 2. The second-order valence-corrected chi connectivity index (χ2v) is 11.9. The second-order valence-electron chi connectivity index (χ2n) is 11.9. The predicted octanol–water partition coefficient (Wildman–Crippen LogP) is 3.98. The van der Waals surface area contributed by atoms with Crippen molar-refractivity contribution >= 4 is 40.1 Å². The fraction of sp³-hybridized carbons (Fsp3) is 0.364. The van der Waals surface area contributed by atoms with Crippen molar-refractivity contribution < 1.29 is 23.6 Å². The number of benzene rings is 3. The number of nitriles is 1. The summed E-state index contributed by atoms with van der Waals surface area (Å²) < 4.78 is 13.7. The van der Waals surface area contributed by atoms with Crippen LogP contribution in [0, 0.1) is 23.1 Å². The van der Waals surface area contributed by atoms with Crippen molar-refractivity contribution in [3.05, 3.63) is 77.6 Å². The van der Waals surface area contributed by atoms with Gasteiger partial charge in [0.2, 0.25) is 17.7 Å². The number of anilines is 1. The minimum absolute atomic E-state index is 0.0253. The van der Waals surface area contributed by atoms with Gasteiger partial charge in [0.25, 0.3) is 5.91 Å². The van der Waals surface area contributed by atoms with Crippen LogP contribution in [-0.4, -0.2) is 65.1 Å². The molecule has 9 nitrogen and oxygen atoms in total. The van der Waals surface area contributed by atoms with E-state index < -0.39 is 47.1 Å². The fourth-order valence-electron chi connectivity index (χ4n) is 6.30. The van der Waals surface area contributed by atoms with Crippen molar-refractivity contribution in [2.75, 3.05) is 18.9 Å². The van der Waals surface area contributed by atoms with Gasteiger partial charge in [-0.15, -0.1) is 0 Å². The summed E-state index contributed by atoms with van der Waals surface area (Å²) in [5.41, 5.74) is 0.683. The monoisotopic (exact) mass is 583 g/mol. The van der Waals surface area contributed by atoms with Gasteiger partial charge < -0.3 is 20.4 Å². The molecule has 1 saturated heterocycles. The van der Waals surface area contributed by atoms with E-state index in [-0.39, 0.29) is 24.8 Å². The lowest BCUT2D eigenvalue weighted by molar-refractivity contribution is -0.146. The number of rotatable bonds is 7. The van der Waals surface area contributed by atoms with Crippen LogP contribution < -0.4 is 10.6 Å². The number of nitrogens with one attached hydrogen (secondary N) is 2. The van der Waals surface area contributed by atoms with Crippen LogP contribution in [0.25, 0.3) is 10.8 Å². The number of fused-ring (bicyclic) bond motifs is 3. The molecule has 2 aliphatic heterocycles. The first kappa shape index (κ1) is 29.7. The molecule has 0 saturated carbocycles. The molecule has 0 aromatic heterocycles. The highest BCUT2D eigenvalue weighted by molar-refractivity contribution is 6.09. The Labute approximate surface area is 249 Å². The summed E-state index contributed by atoms with van der Waals surface area (Å²) in [6.45, 7) is 5.43. The van der Waals surface area contributed by atoms with E-state index in [0.717, 1.165) is 5.56 Å². The first-order valence-corrected chi connectivity index (χ1v) is 14.3. The molecule has 2 N–H and O–H groups in total. The molecule has 43 heavy (non-hydrogen) atoms. The standard InChI is InChI=1S/C33H34FN5O4/c1-19(2)14-28(31(42)39-18-33(16-23(39)17-35)26-10-5-6-11-27(26)37-32(33)43)38(4)30(41)20(3)36-29(40)25-9-7-8-21-15-22(34)12-13-24(21)25/h5-13,15,19-20,23,28H,14,16,18H2,1-4H3,(H,36,40)(H,37,43)/t20-,23-,28-,33-/m0/s1. The van der Waals surface area contributed by atoms with E-state index >= 15 is 0 Å². The van der Waals surface area contributed by atoms with E-state index in [1.807, 2.05) is 32.0 Å². The molecule has 0 aliphatic carbocycles. The Morgan fingerprint density at radius 3 is 2.60 bits per heavy atom. The summed E-state index contributed by atoms with van der Waals surface area (Å²) in [5, 5.41) is 16.7. The molecule has 10 heteroatoms. The largest absolute Gasteiger partial charge is 0.341 e. The van der Waals surface area contributed by atoms with E-state index in [0.29, 0.717) is 28.4 Å². The van der Waals surface area contributed by atoms with Crippen LogP contribution in [-0.2, 0) is 19.8 Å². The van der Waals surface area contributed by atoms with E-state index in [2.05, 4.69) is 16.7 Å². The Kier molecular flexibility index (Phi) is 7.93. The van der Waals surface area contributed by atoms with Gasteiger partial charge in [0, 0.05) is 31.3 Å². The van der Waals surface area contributed by atoms with Crippen LogP contribution in [0.3, 0.4) is 0 Å². The molecule has 4 atom stereocenters. The predicted molar refractivity (Wildman–Crippen MR) is 159 cm³/mol. The van der Waals surface area contributed by atoms with Gasteiger partial charge in [0.1, 0.15) is 23.9 Å². The summed E-state index contributed by atoms with van der Waals surface area (Å²) in [4.78, 5) is 56.9. The van der Waals surface area contributed by atoms with E-state index in [9.17, 15) is 28.8 Å². The second kappa shape index (κ2) is 11.5. The maximum atomic E-state index is 14.1. The number of nitrogens with zero attached hydrogens (tertiary/aromatic N) is 3. The Morgan fingerprint density at radius 1 is 1.14 bits per heavy atom. The van der Waals surface area contributed by atoms with Gasteiger partial charge in [-0.25, -0.2) is 4.39 Å². The van der Waals surface area contributed by atoms with Gasteiger partial charge in [0.05, 0.1) is 11.5 Å². The van der Waals surface area contributed by atoms with Gasteiger partial charge in [-0.3, -0.25) is 19.2 Å². The first-order chi connectivity index (χ1) is 20.5. The molecule has 4 amide bonds. The molecule has 1 fully saturated rings. The lowest BCUT2D eigenvalue weighted by atomic mass is 9.80. The molecule has 3 aromatic carbocycles. The Morgan fingerprint density at radius 2 is 1.88 bits per heavy atom. The number of likely N-dealkylation sites (tertiary alicyclic amines) is 1. The van der Waals surface area contributed by atoms with Crippen LogP contribution in [0.2, 0.25) is 0 Å². The lowest BCUT2D eigenvalue weighted by Crippen LogP contribution is -2.55. The SMILES string of the molecule is CC(C)C[C@@H](C(=O)N1C[C@]2(C[C@H]1C#N)C(=O)Nc1ccccc12)N(C)C(=O)[C@H](C)NC(=O)c1cccc2cc(F)ccc12. The lowest BCUT2D eigenvalue weighted by Gasteiger charge is -2.34. The summed E-state index contributed by atoms with van der Waals surface area (Å²) in [7, 11) is 1.52. The van der Waals surface area contributed by atoms with Crippen LogP contribution in [0.5, 0.6) is 0 Å². The molecular weight excluding hydrogens is 549 g/mol. The number of hydrogen-bond acceptors (Lipinski definition) is 5. The molecule has 0 unspecified atom stereocenters. The normalized spacial score (nSPS) is 20.4. The third kappa shape index (κ3) is 5.31. The zero-order valence-corrected chi connectivity index (χ0v) is 24.6. The minimum Gasteiger partial charge on any atom is -0.341 e. The van der Waals surface area contributed by atoms with Crippen LogP contribution in [0.1, 0.15) is 49.5 Å². The Bertz CT molecular complexity index is 1670. The number of halogens is 1. The molecule has 2 heterocycles. The smallest absolute Gasteiger partial charge is 0.252 e. The minimum atomic E-state index is -1.04. The highest BCUT2D eigenvalue weighted by atomic mass is 19.1. The maximum absolute atomic E-state index is 14.1. The molecule has 3 aromatic rings. The summed E-state index contributed by atoms with van der Waals surface area (Å²) in [6.07, 6.45) is 0.479. The van der Waals surface area contributed by atoms with Crippen molar-refractivity contribution in [2.24, 2.45) is 5.92 Å². The number of carbonyl (C=O) groups excluding carboxylic acids is 4. The molecule has 1 spiro atoms. The van der Waals surface area contributed by atoms with Gasteiger partial charge in [0.15, 0.2) is 0 Å². The van der Waals surface area contributed by atoms with Crippen molar-refractivity contribution in [1.29, 1.82) is 5.26 Å². The first-order valence-electron chi connectivity index (χ1n) is 14.3. The van der Waals surface area contributed by atoms with Crippen molar-refractivity contribution in [2.45, 2.75) is 57.2 Å². The Balaban J connectivity index is 1.36. The highest BCUT2D eigenvalue weighted by Gasteiger charge is 2.56. The van der Waals surface area contributed by atoms with Crippen molar-refractivity contribution in [1.82, 2.24) is 15.1 Å². The number of para-hydroxylation sites is 1. The number of carbonyl (C=O) groups is 4. The van der Waals surface area contributed by atoms with Gasteiger partial charge in [-0.2, -0.15) is 5.26 Å². The van der Waals surface area contributed by atoms with Crippen LogP contribution in [0.15, 0.2) is 60.7 Å². The van der Waals surface area contributed by atoms with E-state index in [4.69, 9.17) is 0 Å². The number of likely N-dealkylation sites (N-methyl/N-ethyl adjacent to an activating group) is 1. The molecule has 0 bridgehead atoms. The van der Waals surface area contributed by atoms with E-state index in [1.165, 1.54) is 35.0 Å². The quantitative estimate of drug-likeness (QED) is 0.436. The van der Waals surface area contributed by atoms with E-state index in [1.54, 1.807) is 31.2 Å². The van der Waals surface area contributed by atoms with Gasteiger partial charge in [-0.1, -0.05) is 50.2 Å². The molecular formula is C33H34FN5O4. The van der Waals surface area contributed by atoms with Gasteiger partial charge >= 0.3 is 0 Å². The van der Waals surface area contributed by atoms with Crippen molar-refractivity contribution in [3.63, 3.8) is 0 Å². The fourth-order valence-corrected chi connectivity index (χ4v) is 6.30. The topological polar surface area (TPSA) is 123 Å². The maximum Gasteiger partial charge on any atom is 0.252 e. The zero-order chi connectivity index (χ0) is 31.1. The Hall–Kier alpha value is -4.78. The molecule has 2 aliphatic rings. The average Bonchev–Trinajstić information content (AvgIpc) is 3.51. The third-order valence-corrected chi connectivity index (χ3v) is 8.52. The molecule has 0 radical (unpaired) electrons. The molecule has 222 valence electrons.